The van der Waals surface area contributed by atoms with E-state index in [1.54, 1.807) is 12.1 Å². The van der Waals surface area contributed by atoms with Crippen LogP contribution in [0.3, 0.4) is 0 Å². The zero-order chi connectivity index (χ0) is 11.1. The van der Waals surface area contributed by atoms with Gasteiger partial charge >= 0.3 is 5.63 Å². The molecular weight excluding hydrogens is 192 g/mol. The quantitative estimate of drug-likeness (QED) is 0.519. The first kappa shape index (κ1) is 11.0. The number of hydrogen-bond donors (Lipinski definition) is 1. The van der Waals surface area contributed by atoms with Gasteiger partial charge in [0.15, 0.2) is 0 Å². The molecule has 0 bridgehead atoms. The van der Waals surface area contributed by atoms with Crippen molar-refractivity contribution in [3.05, 3.63) is 46.8 Å². The molecule has 1 aromatic heterocycles. The van der Waals surface area contributed by atoms with Crippen LogP contribution in [0.25, 0.3) is 11.0 Å². The van der Waals surface area contributed by atoms with Gasteiger partial charge in [-0.1, -0.05) is 24.1 Å². The van der Waals surface area contributed by atoms with E-state index in [-0.39, 0.29) is 12.2 Å². The molecule has 0 spiro atoms. The van der Waals surface area contributed by atoms with Crippen molar-refractivity contribution in [2.45, 2.75) is 0 Å². The Morgan fingerprint density at radius 1 is 1.27 bits per heavy atom. The third-order valence-electron chi connectivity index (χ3n) is 1.62. The minimum absolute atomic E-state index is 0.153. The normalized spacial score (nSPS) is 8.80. The first-order chi connectivity index (χ1) is 7.27. The van der Waals surface area contributed by atoms with Crippen LogP contribution in [-0.4, -0.2) is 11.7 Å². The van der Waals surface area contributed by atoms with Crippen molar-refractivity contribution in [2.75, 3.05) is 6.61 Å². The van der Waals surface area contributed by atoms with Crippen molar-refractivity contribution in [1.82, 2.24) is 0 Å². The van der Waals surface area contributed by atoms with Crippen LogP contribution in [0.15, 0.2) is 45.6 Å². The monoisotopic (exact) mass is 202 g/mol. The lowest BCUT2D eigenvalue weighted by Gasteiger charge is -1.91. The molecule has 0 aliphatic rings. The van der Waals surface area contributed by atoms with Gasteiger partial charge in [0, 0.05) is 11.5 Å². The second-order valence-corrected chi connectivity index (χ2v) is 2.65. The van der Waals surface area contributed by atoms with Crippen molar-refractivity contribution < 1.29 is 9.52 Å². The van der Waals surface area contributed by atoms with Gasteiger partial charge in [0.05, 0.1) is 0 Å². The Hall–Kier alpha value is -2.05. The fraction of sp³-hybridized carbons (Fsp3) is 0.0833. The highest BCUT2D eigenvalue weighted by Crippen LogP contribution is 2.08. The van der Waals surface area contributed by atoms with Gasteiger partial charge in [-0.05, 0) is 12.1 Å². The lowest BCUT2D eigenvalue weighted by Crippen LogP contribution is -1.93. The molecule has 0 radical (unpaired) electrons. The smallest absolute Gasteiger partial charge is 0.336 e. The molecule has 0 amide bonds. The molecule has 15 heavy (non-hydrogen) atoms. The first-order valence-electron chi connectivity index (χ1n) is 4.31. The SMILES string of the molecule is C#CCO.O=c1ccc2ccccc2o1. The Morgan fingerprint density at radius 3 is 2.60 bits per heavy atom. The fourth-order valence-corrected chi connectivity index (χ4v) is 1.01. The summed E-state index contributed by atoms with van der Waals surface area (Å²) in [6.45, 7) is -0.153. The van der Waals surface area contributed by atoms with E-state index in [4.69, 9.17) is 9.52 Å². The van der Waals surface area contributed by atoms with Crippen LogP contribution < -0.4 is 5.63 Å². The van der Waals surface area contributed by atoms with Gasteiger partial charge in [0.1, 0.15) is 12.2 Å². The first-order valence-corrected chi connectivity index (χ1v) is 4.31. The summed E-state index contributed by atoms with van der Waals surface area (Å²) in [5.74, 6) is 1.99. The second kappa shape index (κ2) is 5.63. The third kappa shape index (κ3) is 3.29. The van der Waals surface area contributed by atoms with E-state index in [2.05, 4.69) is 6.42 Å². The highest BCUT2D eigenvalue weighted by Gasteiger charge is 1.92. The minimum atomic E-state index is -0.302. The van der Waals surface area contributed by atoms with E-state index >= 15 is 0 Å². The molecule has 1 aromatic carbocycles. The van der Waals surface area contributed by atoms with Crippen LogP contribution >= 0.6 is 0 Å². The Bertz CT molecular complexity index is 520. The average Bonchev–Trinajstić information content (AvgIpc) is 2.29. The van der Waals surface area contributed by atoms with Crippen LogP contribution in [0.5, 0.6) is 0 Å². The van der Waals surface area contributed by atoms with Gasteiger partial charge in [0.2, 0.25) is 0 Å². The topological polar surface area (TPSA) is 50.4 Å². The number of benzene rings is 1. The van der Waals surface area contributed by atoms with E-state index in [0.29, 0.717) is 5.58 Å². The van der Waals surface area contributed by atoms with Crippen molar-refractivity contribution in [3.63, 3.8) is 0 Å². The average molecular weight is 202 g/mol. The van der Waals surface area contributed by atoms with E-state index in [1.807, 2.05) is 24.1 Å². The van der Waals surface area contributed by atoms with Gasteiger partial charge in [0.25, 0.3) is 0 Å². The number of rotatable bonds is 0. The van der Waals surface area contributed by atoms with Crippen LogP contribution in [0.2, 0.25) is 0 Å². The van der Waals surface area contributed by atoms with Crippen molar-refractivity contribution in [2.24, 2.45) is 0 Å². The van der Waals surface area contributed by atoms with E-state index in [1.165, 1.54) is 6.07 Å². The summed E-state index contributed by atoms with van der Waals surface area (Å²) in [6, 6.07) is 10.6. The Kier molecular flexibility index (Phi) is 4.14. The molecule has 0 aliphatic heterocycles. The number of para-hydroxylation sites is 1. The summed E-state index contributed by atoms with van der Waals surface area (Å²) in [7, 11) is 0. The fourth-order valence-electron chi connectivity index (χ4n) is 1.01. The molecule has 2 aromatic rings. The summed E-state index contributed by atoms with van der Waals surface area (Å²) < 4.78 is 4.91. The lowest BCUT2D eigenvalue weighted by molar-refractivity contribution is 0.351. The Labute approximate surface area is 87.0 Å². The molecule has 0 aliphatic carbocycles. The van der Waals surface area contributed by atoms with E-state index in [9.17, 15) is 4.79 Å². The molecule has 0 atom stereocenters. The molecule has 1 heterocycles. The summed E-state index contributed by atoms with van der Waals surface area (Å²) >= 11 is 0. The molecular formula is C12H10O3. The van der Waals surface area contributed by atoms with Crippen LogP contribution in [0, 0.1) is 12.3 Å². The van der Waals surface area contributed by atoms with Gasteiger partial charge < -0.3 is 9.52 Å². The molecule has 0 fully saturated rings. The van der Waals surface area contributed by atoms with Gasteiger partial charge in [-0.15, -0.1) is 6.42 Å². The van der Waals surface area contributed by atoms with E-state index in [0.717, 1.165) is 5.39 Å². The predicted molar refractivity (Wildman–Crippen MR) is 58.4 cm³/mol. The molecule has 76 valence electrons. The summed E-state index contributed by atoms with van der Waals surface area (Å²) in [4.78, 5) is 10.7. The van der Waals surface area contributed by atoms with Gasteiger partial charge in [-0.25, -0.2) is 4.79 Å². The number of fused-ring (bicyclic) bond motifs is 1. The van der Waals surface area contributed by atoms with Crippen molar-refractivity contribution in [3.8, 4) is 12.3 Å². The third-order valence-corrected chi connectivity index (χ3v) is 1.62. The number of aliphatic hydroxyl groups excluding tert-OH is 1. The van der Waals surface area contributed by atoms with Crippen LogP contribution in [0.1, 0.15) is 0 Å². The maximum Gasteiger partial charge on any atom is 0.336 e. The van der Waals surface area contributed by atoms with Crippen LogP contribution in [0.4, 0.5) is 0 Å². The largest absolute Gasteiger partial charge is 0.423 e. The molecule has 0 saturated heterocycles. The molecule has 3 heteroatoms. The Morgan fingerprint density at radius 2 is 1.93 bits per heavy atom. The standard InChI is InChI=1S/C9H6O2.C3H4O/c10-9-6-5-7-3-1-2-4-8(7)11-9;1-2-3-4/h1-6H;1,4H,3H2. The molecule has 0 unspecified atom stereocenters. The molecule has 1 N–H and O–H groups in total. The molecule has 0 saturated carbocycles. The van der Waals surface area contributed by atoms with E-state index < -0.39 is 0 Å². The zero-order valence-corrected chi connectivity index (χ0v) is 8.01. The second-order valence-electron chi connectivity index (χ2n) is 2.65. The summed E-state index contributed by atoms with van der Waals surface area (Å²) in [6.07, 6.45) is 4.53. The summed E-state index contributed by atoms with van der Waals surface area (Å²) in [5.41, 5.74) is 0.337. The maximum atomic E-state index is 10.7. The Balaban J connectivity index is 0.000000245. The van der Waals surface area contributed by atoms with Gasteiger partial charge in [-0.2, -0.15) is 0 Å². The number of aliphatic hydroxyl groups is 1. The molecule has 3 nitrogen and oxygen atoms in total. The van der Waals surface area contributed by atoms with Crippen molar-refractivity contribution in [1.29, 1.82) is 0 Å². The van der Waals surface area contributed by atoms with Gasteiger partial charge in [-0.3, -0.25) is 0 Å². The zero-order valence-electron chi connectivity index (χ0n) is 8.01. The summed E-state index contributed by atoms with van der Waals surface area (Å²) in [5, 5.41) is 8.59. The minimum Gasteiger partial charge on any atom is -0.423 e. The molecule has 2 rings (SSSR count). The maximum absolute atomic E-state index is 10.7. The highest BCUT2D eigenvalue weighted by molar-refractivity contribution is 5.75. The predicted octanol–water partition coefficient (Wildman–Crippen LogP) is 1.40. The highest BCUT2D eigenvalue weighted by atomic mass is 16.4. The number of hydrogen-bond acceptors (Lipinski definition) is 3. The van der Waals surface area contributed by atoms with Crippen molar-refractivity contribution >= 4 is 11.0 Å². The van der Waals surface area contributed by atoms with Crippen LogP contribution in [-0.2, 0) is 0 Å². The lowest BCUT2D eigenvalue weighted by atomic mass is 10.2. The number of terminal acetylenes is 1.